The van der Waals surface area contributed by atoms with Crippen molar-refractivity contribution in [2.75, 3.05) is 0 Å². The van der Waals surface area contributed by atoms with Gasteiger partial charge in [0.05, 0.1) is 39.4 Å². The van der Waals surface area contributed by atoms with Crippen molar-refractivity contribution in [3.8, 4) is 16.6 Å². The van der Waals surface area contributed by atoms with E-state index in [4.69, 9.17) is 5.26 Å². The number of nitrogens with zero attached hydrogens (tertiary/aromatic N) is 3. The first-order valence-corrected chi connectivity index (χ1v) is 5.95. The van der Waals surface area contributed by atoms with Crippen LogP contribution in [0.25, 0.3) is 21.6 Å². The maximum atomic E-state index is 8.85. The maximum absolute atomic E-state index is 8.85. The van der Waals surface area contributed by atoms with Crippen molar-refractivity contribution in [1.82, 2.24) is 9.97 Å². The van der Waals surface area contributed by atoms with E-state index in [-0.39, 0.29) is 0 Å². The van der Waals surface area contributed by atoms with Crippen LogP contribution in [-0.2, 0) is 0 Å². The topological polar surface area (TPSA) is 49.6 Å². The van der Waals surface area contributed by atoms with Crippen LogP contribution in [0, 0.1) is 11.3 Å². The van der Waals surface area contributed by atoms with Gasteiger partial charge in [0.15, 0.2) is 0 Å². The van der Waals surface area contributed by atoms with Crippen molar-refractivity contribution < 1.29 is 0 Å². The highest BCUT2D eigenvalue weighted by Gasteiger charge is 2.04. The fourth-order valence-corrected chi connectivity index (χ4v) is 2.30. The Hall–Kier alpha value is -2.25. The molecule has 0 spiro atoms. The molecule has 3 aromatic rings. The number of thiophene rings is 1. The number of fused-ring (bicyclic) bond motifs is 1. The van der Waals surface area contributed by atoms with Crippen LogP contribution in [0.4, 0.5) is 0 Å². The molecule has 3 rings (SSSR count). The summed E-state index contributed by atoms with van der Waals surface area (Å²) in [6.07, 6.45) is 1.76. The first kappa shape index (κ1) is 9.94. The first-order valence-electron chi connectivity index (χ1n) is 5.07. The molecule has 0 saturated carbocycles. The second kappa shape index (κ2) is 3.96. The molecular weight excluding hydrogens is 230 g/mol. The highest BCUT2D eigenvalue weighted by molar-refractivity contribution is 7.13. The van der Waals surface area contributed by atoms with Gasteiger partial charge in [0.1, 0.15) is 0 Å². The van der Waals surface area contributed by atoms with Gasteiger partial charge in [0.2, 0.25) is 0 Å². The Balaban J connectivity index is 2.21. The smallest absolute Gasteiger partial charge is 0.0992 e. The Morgan fingerprint density at radius 1 is 1.18 bits per heavy atom. The lowest BCUT2D eigenvalue weighted by atomic mass is 10.2. The zero-order valence-corrected chi connectivity index (χ0v) is 9.61. The van der Waals surface area contributed by atoms with Gasteiger partial charge in [0, 0.05) is 0 Å². The lowest BCUT2D eigenvalue weighted by molar-refractivity contribution is 1.30. The number of hydrogen-bond acceptors (Lipinski definition) is 4. The molecule has 3 nitrogen and oxygen atoms in total. The van der Waals surface area contributed by atoms with Crippen molar-refractivity contribution in [2.24, 2.45) is 0 Å². The quantitative estimate of drug-likeness (QED) is 0.652. The molecule has 17 heavy (non-hydrogen) atoms. The van der Waals surface area contributed by atoms with Crippen molar-refractivity contribution in [3.05, 3.63) is 47.5 Å². The summed E-state index contributed by atoms with van der Waals surface area (Å²) in [6, 6.07) is 11.4. The van der Waals surface area contributed by atoms with Crippen molar-refractivity contribution in [3.63, 3.8) is 0 Å². The van der Waals surface area contributed by atoms with E-state index in [1.807, 2.05) is 23.6 Å². The van der Waals surface area contributed by atoms with Crippen molar-refractivity contribution in [2.45, 2.75) is 0 Å². The van der Waals surface area contributed by atoms with Gasteiger partial charge in [0.25, 0.3) is 0 Å². The van der Waals surface area contributed by atoms with Crippen LogP contribution in [-0.4, -0.2) is 9.97 Å². The summed E-state index contributed by atoms with van der Waals surface area (Å²) >= 11 is 1.63. The van der Waals surface area contributed by atoms with E-state index in [2.05, 4.69) is 16.0 Å². The van der Waals surface area contributed by atoms with E-state index in [0.717, 1.165) is 21.6 Å². The second-order valence-corrected chi connectivity index (χ2v) is 4.50. The Labute approximate surface area is 102 Å². The van der Waals surface area contributed by atoms with Gasteiger partial charge in [-0.05, 0) is 29.6 Å². The van der Waals surface area contributed by atoms with Gasteiger partial charge in [-0.2, -0.15) is 5.26 Å². The fourth-order valence-electron chi connectivity index (χ4n) is 1.62. The summed E-state index contributed by atoms with van der Waals surface area (Å²) in [7, 11) is 0. The number of benzene rings is 1. The first-order chi connectivity index (χ1) is 8.36. The van der Waals surface area contributed by atoms with Gasteiger partial charge in [-0.1, -0.05) is 6.07 Å². The standard InChI is InChI=1S/C13H7N3S/c14-7-9-3-4-10-11(6-9)16-12(8-15-10)13-2-1-5-17-13/h1-6,8H. The molecule has 0 saturated heterocycles. The van der Waals surface area contributed by atoms with Crippen LogP contribution in [0.15, 0.2) is 41.9 Å². The molecule has 0 unspecified atom stereocenters. The predicted molar refractivity (Wildman–Crippen MR) is 67.6 cm³/mol. The summed E-state index contributed by atoms with van der Waals surface area (Å²) in [5.74, 6) is 0. The lowest BCUT2D eigenvalue weighted by Crippen LogP contribution is -1.87. The lowest BCUT2D eigenvalue weighted by Gasteiger charge is -2.00. The molecule has 0 radical (unpaired) electrons. The Morgan fingerprint density at radius 2 is 2.12 bits per heavy atom. The Bertz CT molecular complexity index is 711. The van der Waals surface area contributed by atoms with Gasteiger partial charge in [-0.3, -0.25) is 4.98 Å². The molecule has 0 aliphatic rings. The molecule has 0 atom stereocenters. The van der Waals surface area contributed by atoms with Crippen molar-refractivity contribution in [1.29, 1.82) is 5.26 Å². The highest BCUT2D eigenvalue weighted by Crippen LogP contribution is 2.23. The third-order valence-electron chi connectivity index (χ3n) is 2.44. The van der Waals surface area contributed by atoms with E-state index in [1.54, 1.807) is 29.7 Å². The van der Waals surface area contributed by atoms with E-state index in [9.17, 15) is 0 Å². The summed E-state index contributed by atoms with van der Waals surface area (Å²) < 4.78 is 0. The fraction of sp³-hybridized carbons (Fsp3) is 0. The molecule has 0 N–H and O–H groups in total. The SMILES string of the molecule is N#Cc1ccc2ncc(-c3cccs3)nc2c1. The third-order valence-corrected chi connectivity index (χ3v) is 3.34. The average Bonchev–Trinajstić information content (AvgIpc) is 2.91. The third kappa shape index (κ3) is 1.77. The van der Waals surface area contributed by atoms with Gasteiger partial charge in [-0.15, -0.1) is 11.3 Å². The molecule has 80 valence electrons. The molecule has 0 bridgehead atoms. The Kier molecular flexibility index (Phi) is 2.32. The largest absolute Gasteiger partial charge is 0.252 e. The van der Waals surface area contributed by atoms with Gasteiger partial charge < -0.3 is 0 Å². The molecule has 0 aliphatic carbocycles. The van der Waals surface area contributed by atoms with Crippen LogP contribution in [0.2, 0.25) is 0 Å². The van der Waals surface area contributed by atoms with E-state index in [1.165, 1.54) is 0 Å². The minimum atomic E-state index is 0.607. The molecule has 0 fully saturated rings. The van der Waals surface area contributed by atoms with E-state index in [0.29, 0.717) is 5.56 Å². The zero-order valence-electron chi connectivity index (χ0n) is 8.79. The Morgan fingerprint density at radius 3 is 2.88 bits per heavy atom. The number of hydrogen-bond donors (Lipinski definition) is 0. The van der Waals surface area contributed by atoms with E-state index < -0.39 is 0 Å². The van der Waals surface area contributed by atoms with E-state index >= 15 is 0 Å². The van der Waals surface area contributed by atoms with Crippen molar-refractivity contribution >= 4 is 22.4 Å². The van der Waals surface area contributed by atoms with Crippen LogP contribution < -0.4 is 0 Å². The second-order valence-electron chi connectivity index (χ2n) is 3.55. The molecule has 2 aromatic heterocycles. The van der Waals surface area contributed by atoms with Crippen LogP contribution in [0.1, 0.15) is 5.56 Å². The molecule has 1 aromatic carbocycles. The summed E-state index contributed by atoms with van der Waals surface area (Å²) in [6.45, 7) is 0. The van der Waals surface area contributed by atoms with Crippen LogP contribution >= 0.6 is 11.3 Å². The highest BCUT2D eigenvalue weighted by atomic mass is 32.1. The molecule has 0 amide bonds. The maximum Gasteiger partial charge on any atom is 0.0992 e. The summed E-state index contributed by atoms with van der Waals surface area (Å²) in [5, 5.41) is 10.9. The van der Waals surface area contributed by atoms with Gasteiger partial charge >= 0.3 is 0 Å². The zero-order chi connectivity index (χ0) is 11.7. The number of aromatic nitrogens is 2. The average molecular weight is 237 g/mol. The van der Waals surface area contributed by atoms with Crippen LogP contribution in [0.5, 0.6) is 0 Å². The monoisotopic (exact) mass is 237 g/mol. The van der Waals surface area contributed by atoms with Crippen LogP contribution in [0.3, 0.4) is 0 Å². The molecular formula is C13H7N3S. The molecule has 4 heteroatoms. The summed E-state index contributed by atoms with van der Waals surface area (Å²) in [5.41, 5.74) is 3.02. The number of rotatable bonds is 1. The predicted octanol–water partition coefficient (Wildman–Crippen LogP) is 3.23. The minimum Gasteiger partial charge on any atom is -0.252 e. The number of nitriles is 1. The summed E-state index contributed by atoms with van der Waals surface area (Å²) in [4.78, 5) is 9.96. The normalized spacial score (nSPS) is 10.3. The molecule has 2 heterocycles. The molecule has 0 aliphatic heterocycles. The minimum absolute atomic E-state index is 0.607. The van der Waals surface area contributed by atoms with Gasteiger partial charge in [-0.25, -0.2) is 4.98 Å².